The molecule has 0 unspecified atom stereocenters. The van der Waals surface area contributed by atoms with Crippen LogP contribution in [0.5, 0.6) is 0 Å². The summed E-state index contributed by atoms with van der Waals surface area (Å²) in [6.07, 6.45) is 11.7. The number of ether oxygens (including phenoxy) is 2. The molecule has 2 rings (SSSR count). The molecule has 1 aliphatic carbocycles. The number of nitrogens with one attached hydrogen (secondary N) is 1. The zero-order valence-corrected chi connectivity index (χ0v) is 22.4. The SMILES string of the molecule is CCCCCC[C@@H](C)/C=C(C)/C=C/C(=O)N[C@H]1C[C@]2(C=C(Br)C(=O)[C@H](Br)[C@H]2O)O[C@H]1OC. The summed E-state index contributed by atoms with van der Waals surface area (Å²) in [6, 6.07) is -0.474. The topological polar surface area (TPSA) is 84.9 Å². The summed E-state index contributed by atoms with van der Waals surface area (Å²) in [7, 11) is 1.48. The van der Waals surface area contributed by atoms with Crippen LogP contribution in [0.3, 0.4) is 0 Å². The molecule has 1 saturated heterocycles. The van der Waals surface area contributed by atoms with Gasteiger partial charge in [0.2, 0.25) is 5.91 Å². The van der Waals surface area contributed by atoms with Crippen LogP contribution >= 0.6 is 31.9 Å². The van der Waals surface area contributed by atoms with Crippen molar-refractivity contribution in [2.45, 2.75) is 88.2 Å². The lowest BCUT2D eigenvalue weighted by Crippen LogP contribution is -2.52. The van der Waals surface area contributed by atoms with Crippen LogP contribution in [-0.4, -0.2) is 52.8 Å². The minimum Gasteiger partial charge on any atom is -0.388 e. The van der Waals surface area contributed by atoms with Crippen LogP contribution < -0.4 is 5.32 Å². The van der Waals surface area contributed by atoms with E-state index in [0.717, 1.165) is 12.0 Å². The molecule has 0 aromatic rings. The van der Waals surface area contributed by atoms with Crippen LogP contribution in [0.25, 0.3) is 0 Å². The Hall–Kier alpha value is -0.800. The average Bonchev–Trinajstić information content (AvgIpc) is 3.10. The van der Waals surface area contributed by atoms with Crippen molar-refractivity contribution in [3.8, 4) is 0 Å². The maximum Gasteiger partial charge on any atom is 0.244 e. The van der Waals surface area contributed by atoms with E-state index in [1.165, 1.54) is 38.9 Å². The van der Waals surface area contributed by atoms with Crippen LogP contribution in [-0.2, 0) is 19.1 Å². The van der Waals surface area contributed by atoms with Gasteiger partial charge in [0.05, 0.1) is 10.5 Å². The van der Waals surface area contributed by atoms with E-state index in [2.05, 4.69) is 57.1 Å². The van der Waals surface area contributed by atoms with E-state index >= 15 is 0 Å². The van der Waals surface area contributed by atoms with E-state index in [-0.39, 0.29) is 18.1 Å². The molecule has 1 spiro atoms. The van der Waals surface area contributed by atoms with Gasteiger partial charge in [0.1, 0.15) is 16.5 Å². The maximum atomic E-state index is 12.5. The molecule has 6 atom stereocenters. The summed E-state index contributed by atoms with van der Waals surface area (Å²) in [5.74, 6) is -0.0442. The number of alkyl halides is 1. The van der Waals surface area contributed by atoms with Crippen molar-refractivity contribution in [1.82, 2.24) is 5.32 Å². The highest BCUT2D eigenvalue weighted by Crippen LogP contribution is 2.43. The first kappa shape index (κ1) is 27.4. The quantitative estimate of drug-likeness (QED) is 0.170. The minimum absolute atomic E-state index is 0.252. The van der Waals surface area contributed by atoms with Gasteiger partial charge in [0.15, 0.2) is 12.1 Å². The minimum atomic E-state index is -1.13. The molecule has 1 heterocycles. The van der Waals surface area contributed by atoms with Gasteiger partial charge in [-0.1, -0.05) is 73.2 Å². The van der Waals surface area contributed by atoms with E-state index in [9.17, 15) is 14.7 Å². The van der Waals surface area contributed by atoms with Gasteiger partial charge in [-0.15, -0.1) is 0 Å². The smallest absolute Gasteiger partial charge is 0.244 e. The van der Waals surface area contributed by atoms with Crippen molar-refractivity contribution in [2.75, 3.05) is 7.11 Å². The standard InChI is InChI=1S/C24H35Br2NO5/c1-5-6-7-8-9-15(2)12-16(3)10-11-19(28)27-18-14-24(32-23(18)31-4)13-17(25)21(29)20(26)22(24)30/h10-13,15,18,20,22-23,30H,5-9,14H2,1-4H3,(H,27,28)/b11-10+,16-12+/t15-,18+,20+,22-,23-,24+/m1/s1. The fourth-order valence-corrected chi connectivity index (χ4v) is 5.85. The van der Waals surface area contributed by atoms with Gasteiger partial charge >= 0.3 is 0 Å². The zero-order valence-electron chi connectivity index (χ0n) is 19.3. The van der Waals surface area contributed by atoms with Crippen molar-refractivity contribution < 1.29 is 24.2 Å². The van der Waals surface area contributed by atoms with Gasteiger partial charge in [-0.2, -0.15) is 0 Å². The molecule has 180 valence electrons. The van der Waals surface area contributed by atoms with Gasteiger partial charge < -0.3 is 19.9 Å². The summed E-state index contributed by atoms with van der Waals surface area (Å²) in [5.41, 5.74) is -0.0903. The third-order valence-corrected chi connectivity index (χ3v) is 7.49. The molecule has 6 nitrogen and oxygen atoms in total. The number of ketones is 1. The summed E-state index contributed by atoms with van der Waals surface area (Å²) in [5, 5.41) is 13.6. The summed E-state index contributed by atoms with van der Waals surface area (Å²) >= 11 is 6.49. The number of allylic oxidation sites excluding steroid dienone is 4. The highest BCUT2D eigenvalue weighted by molar-refractivity contribution is 9.12. The number of Topliss-reactive ketones (excluding diaryl/α,β-unsaturated/α-hetero) is 1. The van der Waals surface area contributed by atoms with E-state index < -0.39 is 28.9 Å². The Kier molecular flexibility index (Phi) is 10.8. The van der Waals surface area contributed by atoms with Crippen molar-refractivity contribution in [3.63, 3.8) is 0 Å². The van der Waals surface area contributed by atoms with E-state index in [1.54, 1.807) is 6.08 Å². The van der Waals surface area contributed by atoms with E-state index in [1.807, 2.05) is 13.0 Å². The second kappa shape index (κ2) is 12.6. The monoisotopic (exact) mass is 575 g/mol. The normalized spacial score (nSPS) is 31.9. The van der Waals surface area contributed by atoms with Gasteiger partial charge in [-0.3, -0.25) is 9.59 Å². The van der Waals surface area contributed by atoms with E-state index in [0.29, 0.717) is 10.4 Å². The largest absolute Gasteiger partial charge is 0.388 e. The lowest BCUT2D eigenvalue weighted by Gasteiger charge is -2.36. The van der Waals surface area contributed by atoms with Crippen molar-refractivity contribution in [3.05, 3.63) is 34.4 Å². The molecule has 0 aromatic heterocycles. The first-order valence-corrected chi connectivity index (χ1v) is 13.0. The number of amides is 1. The Bertz CT molecular complexity index is 765. The summed E-state index contributed by atoms with van der Waals surface area (Å²) in [4.78, 5) is 23.8. The fraction of sp³-hybridized carbons (Fsp3) is 0.667. The Balaban J connectivity index is 1.97. The average molecular weight is 577 g/mol. The number of halogens is 2. The maximum absolute atomic E-state index is 12.5. The second-order valence-corrected chi connectivity index (χ2v) is 10.6. The Morgan fingerprint density at radius 3 is 2.78 bits per heavy atom. The molecule has 0 saturated carbocycles. The van der Waals surface area contributed by atoms with Crippen molar-refractivity contribution in [1.29, 1.82) is 0 Å². The highest BCUT2D eigenvalue weighted by atomic mass is 79.9. The predicted octanol–water partition coefficient (Wildman–Crippen LogP) is 4.70. The third-order valence-electron chi connectivity index (χ3n) is 5.96. The number of carbonyl (C=O) groups excluding carboxylic acids is 2. The zero-order chi connectivity index (χ0) is 23.9. The first-order chi connectivity index (χ1) is 15.1. The van der Waals surface area contributed by atoms with Gasteiger partial charge in [0, 0.05) is 19.6 Å². The van der Waals surface area contributed by atoms with Gasteiger partial charge in [0.25, 0.3) is 0 Å². The Morgan fingerprint density at radius 2 is 2.12 bits per heavy atom. The number of aliphatic hydroxyl groups is 1. The predicted molar refractivity (Wildman–Crippen MR) is 133 cm³/mol. The molecule has 1 amide bonds. The number of unbranched alkanes of at least 4 members (excludes halogenated alkanes) is 3. The van der Waals surface area contributed by atoms with Crippen LogP contribution in [0.1, 0.15) is 59.3 Å². The Labute approximate surface area is 208 Å². The summed E-state index contributed by atoms with van der Waals surface area (Å²) < 4.78 is 11.7. The second-order valence-electron chi connectivity index (χ2n) is 8.77. The summed E-state index contributed by atoms with van der Waals surface area (Å²) in [6.45, 7) is 6.40. The third kappa shape index (κ3) is 7.10. The molecular formula is C24H35Br2NO5. The van der Waals surface area contributed by atoms with Gasteiger partial charge in [-0.05, 0) is 41.3 Å². The van der Waals surface area contributed by atoms with Crippen molar-refractivity contribution >= 4 is 43.6 Å². The molecule has 0 radical (unpaired) electrons. The Morgan fingerprint density at radius 1 is 1.41 bits per heavy atom. The van der Waals surface area contributed by atoms with E-state index in [4.69, 9.17) is 9.47 Å². The molecule has 0 aromatic carbocycles. The molecule has 8 heteroatoms. The molecule has 1 fully saturated rings. The molecule has 2 N–H and O–H groups in total. The number of hydrogen-bond acceptors (Lipinski definition) is 5. The van der Waals surface area contributed by atoms with Crippen LogP contribution in [0, 0.1) is 5.92 Å². The van der Waals surface area contributed by atoms with Crippen LogP contribution in [0.2, 0.25) is 0 Å². The number of carbonyl (C=O) groups is 2. The fourth-order valence-electron chi connectivity index (χ4n) is 4.21. The lowest BCUT2D eigenvalue weighted by atomic mass is 9.84. The van der Waals surface area contributed by atoms with Gasteiger partial charge in [-0.25, -0.2) is 0 Å². The highest BCUT2D eigenvalue weighted by Gasteiger charge is 2.56. The molecule has 0 bridgehead atoms. The van der Waals surface area contributed by atoms with Crippen LogP contribution in [0.4, 0.5) is 0 Å². The first-order valence-electron chi connectivity index (χ1n) is 11.3. The molecular weight excluding hydrogens is 542 g/mol. The molecule has 1 aliphatic heterocycles. The lowest BCUT2D eigenvalue weighted by molar-refractivity contribution is -0.176. The molecule has 32 heavy (non-hydrogen) atoms. The van der Waals surface area contributed by atoms with Crippen LogP contribution in [0.15, 0.2) is 34.4 Å². The number of aliphatic hydroxyl groups excluding tert-OH is 1. The molecule has 2 aliphatic rings. The number of methoxy groups -OCH3 is 1. The number of hydrogen-bond donors (Lipinski definition) is 2. The number of rotatable bonds is 10. The van der Waals surface area contributed by atoms with Crippen molar-refractivity contribution in [2.24, 2.45) is 5.92 Å².